The highest BCUT2D eigenvalue weighted by Crippen LogP contribution is 2.41. The van der Waals surface area contributed by atoms with Crippen LogP contribution in [-0.4, -0.2) is 5.11 Å². The molecule has 1 aliphatic rings. The van der Waals surface area contributed by atoms with E-state index in [2.05, 4.69) is 66.7 Å². The maximum absolute atomic E-state index is 10.5. The van der Waals surface area contributed by atoms with E-state index >= 15 is 0 Å². The molecule has 0 aliphatic heterocycles. The van der Waals surface area contributed by atoms with Gasteiger partial charge < -0.3 is 9.52 Å². The van der Waals surface area contributed by atoms with Crippen LogP contribution in [0.4, 0.5) is 0 Å². The summed E-state index contributed by atoms with van der Waals surface area (Å²) in [6, 6.07) is 33.6. The van der Waals surface area contributed by atoms with Gasteiger partial charge in [0, 0.05) is 17.4 Å². The van der Waals surface area contributed by atoms with Gasteiger partial charge in [-0.1, -0.05) is 91.7 Å². The molecule has 0 unspecified atom stereocenters. The van der Waals surface area contributed by atoms with Crippen LogP contribution in [0.1, 0.15) is 48.5 Å². The fourth-order valence-electron chi connectivity index (χ4n) is 5.45. The minimum atomic E-state index is 0.433. The first kappa shape index (κ1) is 20.8. The van der Waals surface area contributed by atoms with Gasteiger partial charge in [0.15, 0.2) is 0 Å². The Morgan fingerprint density at radius 1 is 0.706 bits per heavy atom. The first-order valence-corrected chi connectivity index (χ1v) is 12.2. The van der Waals surface area contributed by atoms with E-state index < -0.39 is 0 Å². The van der Waals surface area contributed by atoms with Gasteiger partial charge in [-0.15, -0.1) is 0 Å². The van der Waals surface area contributed by atoms with Gasteiger partial charge in [-0.3, -0.25) is 0 Å². The highest BCUT2D eigenvalue weighted by molar-refractivity contribution is 5.96. The van der Waals surface area contributed by atoms with E-state index in [1.807, 2.05) is 30.3 Å². The van der Waals surface area contributed by atoms with Crippen molar-refractivity contribution in [3.63, 3.8) is 0 Å². The van der Waals surface area contributed by atoms with Crippen LogP contribution in [0.25, 0.3) is 33.2 Å². The second-order valence-corrected chi connectivity index (χ2v) is 9.39. The third-order valence-corrected chi connectivity index (χ3v) is 7.21. The van der Waals surface area contributed by atoms with Crippen LogP contribution in [0, 0.1) is 0 Å². The van der Waals surface area contributed by atoms with Crippen molar-refractivity contribution in [2.24, 2.45) is 0 Å². The van der Waals surface area contributed by atoms with E-state index in [0.717, 1.165) is 39.8 Å². The Morgan fingerprint density at radius 2 is 1.38 bits per heavy atom. The van der Waals surface area contributed by atoms with Gasteiger partial charge >= 0.3 is 0 Å². The van der Waals surface area contributed by atoms with Crippen LogP contribution in [0.5, 0.6) is 5.75 Å². The van der Waals surface area contributed by atoms with Crippen LogP contribution in [0.15, 0.2) is 101 Å². The second kappa shape index (κ2) is 8.87. The lowest BCUT2D eigenvalue weighted by Gasteiger charge is -2.14. The van der Waals surface area contributed by atoms with E-state index in [4.69, 9.17) is 4.42 Å². The standard InChI is InChI=1S/C32H28O2/c33-29-19-18-26(21-28(29)24-10-4-5-11-24)23-14-16-25(17-15-23)32-27-12-6-7-13-30(27)34-31(32)20-22-8-2-1-3-9-22/h1-3,6-9,12-19,21,24,33H,4-5,10-11,20H2. The summed E-state index contributed by atoms with van der Waals surface area (Å²) in [5.41, 5.74) is 7.92. The highest BCUT2D eigenvalue weighted by atomic mass is 16.3. The molecule has 0 amide bonds. The number of phenolic OH excluding ortho intramolecular Hbond substituents is 1. The summed E-state index contributed by atoms with van der Waals surface area (Å²) < 4.78 is 6.33. The molecule has 0 spiro atoms. The third kappa shape index (κ3) is 3.90. The number of aromatic hydroxyl groups is 1. The molecule has 1 aromatic heterocycles. The number of para-hydroxylation sites is 1. The summed E-state index contributed by atoms with van der Waals surface area (Å²) in [5.74, 6) is 1.91. The molecule has 5 aromatic rings. The molecule has 1 N–H and O–H groups in total. The van der Waals surface area contributed by atoms with Crippen molar-refractivity contribution in [2.75, 3.05) is 0 Å². The van der Waals surface area contributed by atoms with Crippen molar-refractivity contribution in [3.8, 4) is 28.0 Å². The molecule has 0 radical (unpaired) electrons. The number of fused-ring (bicyclic) bond motifs is 1. The number of hydrogen-bond acceptors (Lipinski definition) is 2. The number of rotatable bonds is 5. The van der Waals surface area contributed by atoms with Gasteiger partial charge in [0.25, 0.3) is 0 Å². The number of furan rings is 1. The molecule has 1 fully saturated rings. The normalized spacial score (nSPS) is 14.1. The van der Waals surface area contributed by atoms with E-state index in [-0.39, 0.29) is 0 Å². The largest absolute Gasteiger partial charge is 0.508 e. The minimum absolute atomic E-state index is 0.433. The fourth-order valence-corrected chi connectivity index (χ4v) is 5.45. The van der Waals surface area contributed by atoms with E-state index in [1.54, 1.807) is 0 Å². The number of hydrogen-bond donors (Lipinski definition) is 1. The second-order valence-electron chi connectivity index (χ2n) is 9.39. The summed E-state index contributed by atoms with van der Waals surface area (Å²) in [6.45, 7) is 0. The van der Waals surface area contributed by atoms with Crippen molar-refractivity contribution in [3.05, 3.63) is 114 Å². The number of phenols is 1. The Balaban J connectivity index is 1.38. The van der Waals surface area contributed by atoms with Crippen molar-refractivity contribution < 1.29 is 9.52 Å². The minimum Gasteiger partial charge on any atom is -0.508 e. The molecule has 0 bridgehead atoms. The van der Waals surface area contributed by atoms with Gasteiger partial charge in [-0.2, -0.15) is 0 Å². The summed E-state index contributed by atoms with van der Waals surface area (Å²) in [7, 11) is 0. The van der Waals surface area contributed by atoms with Gasteiger partial charge in [0.1, 0.15) is 17.1 Å². The molecule has 2 nitrogen and oxygen atoms in total. The molecule has 1 saturated carbocycles. The predicted octanol–water partition coefficient (Wildman–Crippen LogP) is 8.72. The lowest BCUT2D eigenvalue weighted by Crippen LogP contribution is -1.94. The Hall–Kier alpha value is -3.78. The summed E-state index contributed by atoms with van der Waals surface area (Å²) >= 11 is 0. The molecule has 168 valence electrons. The fraction of sp³-hybridized carbons (Fsp3) is 0.188. The lowest BCUT2D eigenvalue weighted by molar-refractivity contribution is 0.461. The molecule has 1 heterocycles. The third-order valence-electron chi connectivity index (χ3n) is 7.21. The van der Waals surface area contributed by atoms with Gasteiger partial charge in [0.2, 0.25) is 0 Å². The predicted molar refractivity (Wildman–Crippen MR) is 139 cm³/mol. The Morgan fingerprint density at radius 3 is 2.18 bits per heavy atom. The molecule has 4 aromatic carbocycles. The average molecular weight is 445 g/mol. The zero-order valence-electron chi connectivity index (χ0n) is 19.2. The van der Waals surface area contributed by atoms with Gasteiger partial charge in [0.05, 0.1) is 0 Å². The topological polar surface area (TPSA) is 33.4 Å². The van der Waals surface area contributed by atoms with Crippen LogP contribution in [-0.2, 0) is 6.42 Å². The van der Waals surface area contributed by atoms with E-state index in [0.29, 0.717) is 11.7 Å². The molecule has 1 aliphatic carbocycles. The molecule has 0 saturated heterocycles. The maximum Gasteiger partial charge on any atom is 0.134 e. The van der Waals surface area contributed by atoms with Crippen LogP contribution in [0.3, 0.4) is 0 Å². The van der Waals surface area contributed by atoms with Gasteiger partial charge in [-0.25, -0.2) is 0 Å². The Kier molecular flexibility index (Phi) is 5.43. The first-order valence-electron chi connectivity index (χ1n) is 12.2. The van der Waals surface area contributed by atoms with E-state index in [1.165, 1.54) is 42.4 Å². The van der Waals surface area contributed by atoms with Crippen molar-refractivity contribution in [1.82, 2.24) is 0 Å². The highest BCUT2D eigenvalue weighted by Gasteiger charge is 2.21. The zero-order valence-corrected chi connectivity index (χ0v) is 19.2. The molecule has 2 heteroatoms. The molecule has 34 heavy (non-hydrogen) atoms. The summed E-state index contributed by atoms with van der Waals surface area (Å²) in [6.07, 6.45) is 5.62. The number of benzene rings is 4. The summed E-state index contributed by atoms with van der Waals surface area (Å²) in [4.78, 5) is 0. The Labute approximate surface area is 200 Å². The zero-order chi connectivity index (χ0) is 22.9. The van der Waals surface area contributed by atoms with Gasteiger partial charge in [-0.05, 0) is 64.8 Å². The van der Waals surface area contributed by atoms with Crippen molar-refractivity contribution in [1.29, 1.82) is 0 Å². The van der Waals surface area contributed by atoms with E-state index in [9.17, 15) is 5.11 Å². The quantitative estimate of drug-likeness (QED) is 0.294. The summed E-state index contributed by atoms with van der Waals surface area (Å²) in [5, 5.41) is 11.6. The molecule has 0 atom stereocenters. The Bertz CT molecular complexity index is 1420. The smallest absolute Gasteiger partial charge is 0.134 e. The van der Waals surface area contributed by atoms with Crippen LogP contribution in [0.2, 0.25) is 0 Å². The monoisotopic (exact) mass is 444 g/mol. The van der Waals surface area contributed by atoms with Crippen molar-refractivity contribution in [2.45, 2.75) is 38.0 Å². The maximum atomic E-state index is 10.5. The van der Waals surface area contributed by atoms with Crippen LogP contribution < -0.4 is 0 Å². The van der Waals surface area contributed by atoms with Crippen molar-refractivity contribution >= 4 is 11.0 Å². The molecular weight excluding hydrogens is 416 g/mol. The first-order chi connectivity index (χ1) is 16.8. The molecular formula is C32H28O2. The average Bonchev–Trinajstić information content (AvgIpc) is 3.53. The molecule has 6 rings (SSSR count). The lowest BCUT2D eigenvalue weighted by atomic mass is 9.92. The SMILES string of the molecule is Oc1ccc(-c2ccc(-c3c(Cc4ccccc4)oc4ccccc34)cc2)cc1C1CCCC1. The van der Waals surface area contributed by atoms with Crippen LogP contribution >= 0.6 is 0 Å².